The molecule has 1 aromatic heterocycles. The van der Waals surface area contributed by atoms with Crippen molar-refractivity contribution in [2.24, 2.45) is 0 Å². The summed E-state index contributed by atoms with van der Waals surface area (Å²) in [5, 5.41) is 5.66. The van der Waals surface area contributed by atoms with Crippen molar-refractivity contribution < 1.29 is 17.9 Å². The van der Waals surface area contributed by atoms with Crippen LogP contribution in [0.25, 0.3) is 0 Å². The van der Waals surface area contributed by atoms with Gasteiger partial charge in [-0.05, 0) is 43.7 Å². The fraction of sp³-hybridized carbons (Fsp3) is 0.200. The predicted molar refractivity (Wildman–Crippen MR) is 102 cm³/mol. The van der Waals surface area contributed by atoms with E-state index in [0.717, 1.165) is 11.8 Å². The number of nitrogens with one attached hydrogen (secondary N) is 2. The Balaban J connectivity index is 1.97. The lowest BCUT2D eigenvalue weighted by molar-refractivity contribution is -0.137. The lowest BCUT2D eigenvalue weighted by atomic mass is 10.2. The molecule has 3 rings (SSSR count). The monoisotopic (exact) mass is 388 g/mol. The van der Waals surface area contributed by atoms with E-state index in [4.69, 9.17) is 4.74 Å². The Hall–Kier alpha value is -3.29. The minimum atomic E-state index is -4.61. The van der Waals surface area contributed by atoms with Gasteiger partial charge in [0.1, 0.15) is 17.1 Å². The number of para-hydroxylation sites is 2. The van der Waals surface area contributed by atoms with Gasteiger partial charge in [-0.15, -0.1) is 0 Å². The summed E-state index contributed by atoms with van der Waals surface area (Å²) >= 11 is 0. The quantitative estimate of drug-likeness (QED) is 0.568. The lowest BCUT2D eigenvalue weighted by Crippen LogP contribution is -2.13. The second-order valence-corrected chi connectivity index (χ2v) is 6.00. The number of alkyl halides is 3. The number of halogens is 3. The third-order valence-corrected chi connectivity index (χ3v) is 3.81. The highest BCUT2D eigenvalue weighted by Gasteiger charge is 2.35. The maximum absolute atomic E-state index is 13.4. The summed E-state index contributed by atoms with van der Waals surface area (Å²) in [5.74, 6) is 0.129. The Morgan fingerprint density at radius 1 is 1.04 bits per heavy atom. The molecule has 28 heavy (non-hydrogen) atoms. The molecule has 0 bridgehead atoms. The third kappa shape index (κ3) is 4.70. The van der Waals surface area contributed by atoms with Crippen LogP contribution in [-0.4, -0.2) is 16.6 Å². The van der Waals surface area contributed by atoms with Crippen LogP contribution in [0.2, 0.25) is 0 Å². The van der Waals surface area contributed by atoms with Crippen molar-refractivity contribution in [2.45, 2.75) is 20.0 Å². The molecule has 0 radical (unpaired) electrons. The average Bonchev–Trinajstić information content (AvgIpc) is 2.63. The number of hydrogen-bond acceptors (Lipinski definition) is 5. The van der Waals surface area contributed by atoms with E-state index in [-0.39, 0.29) is 11.8 Å². The van der Waals surface area contributed by atoms with Crippen LogP contribution in [0, 0.1) is 6.92 Å². The molecule has 3 aromatic rings. The zero-order valence-corrected chi connectivity index (χ0v) is 15.3. The molecule has 2 N–H and O–H groups in total. The summed E-state index contributed by atoms with van der Waals surface area (Å²) in [6, 6.07) is 14.1. The van der Waals surface area contributed by atoms with Gasteiger partial charge in [-0.1, -0.05) is 24.3 Å². The maximum Gasteiger partial charge on any atom is 0.421 e. The number of ether oxygens (including phenoxy) is 1. The molecule has 0 aliphatic heterocycles. The van der Waals surface area contributed by atoms with Gasteiger partial charge in [0.2, 0.25) is 5.95 Å². The molecule has 2 aromatic carbocycles. The topological polar surface area (TPSA) is 59.1 Å². The highest BCUT2D eigenvalue weighted by Crippen LogP contribution is 2.37. The molecule has 1 heterocycles. The van der Waals surface area contributed by atoms with Crippen LogP contribution in [-0.2, 0) is 6.18 Å². The summed E-state index contributed by atoms with van der Waals surface area (Å²) in [6.07, 6.45) is -3.85. The van der Waals surface area contributed by atoms with Gasteiger partial charge in [0.25, 0.3) is 0 Å². The molecule has 5 nitrogen and oxygen atoms in total. The van der Waals surface area contributed by atoms with Gasteiger partial charge in [-0.2, -0.15) is 18.2 Å². The Morgan fingerprint density at radius 2 is 1.82 bits per heavy atom. The predicted octanol–water partition coefficient (Wildman–Crippen LogP) is 5.69. The Morgan fingerprint density at radius 3 is 2.54 bits per heavy atom. The van der Waals surface area contributed by atoms with Gasteiger partial charge in [0.15, 0.2) is 0 Å². The van der Waals surface area contributed by atoms with Crippen molar-refractivity contribution >= 4 is 23.1 Å². The van der Waals surface area contributed by atoms with Gasteiger partial charge < -0.3 is 15.4 Å². The molecule has 0 spiro atoms. The van der Waals surface area contributed by atoms with Crippen molar-refractivity contribution in [2.75, 3.05) is 17.2 Å². The number of nitrogens with zero attached hydrogens (tertiary/aromatic N) is 2. The van der Waals surface area contributed by atoms with Gasteiger partial charge in [0, 0.05) is 11.9 Å². The van der Waals surface area contributed by atoms with Crippen LogP contribution in [0.3, 0.4) is 0 Å². The zero-order valence-electron chi connectivity index (χ0n) is 15.3. The standard InChI is InChI=1S/C20H19F3N4O/c1-3-28-17-10-5-4-9-16(17)26-18-15(20(21,22)23)12-24-19(27-18)25-14-8-6-7-13(2)11-14/h4-12H,3H2,1-2H3,(H2,24,25,26,27). The molecule has 0 amide bonds. The smallest absolute Gasteiger partial charge is 0.421 e. The maximum atomic E-state index is 13.4. The summed E-state index contributed by atoms with van der Waals surface area (Å²) < 4.78 is 45.8. The van der Waals surface area contributed by atoms with E-state index in [1.807, 2.05) is 25.1 Å². The van der Waals surface area contributed by atoms with E-state index in [2.05, 4.69) is 20.6 Å². The number of rotatable bonds is 6. The van der Waals surface area contributed by atoms with Crippen molar-refractivity contribution in [3.8, 4) is 5.75 Å². The van der Waals surface area contributed by atoms with Crippen LogP contribution in [0.4, 0.5) is 36.3 Å². The van der Waals surface area contributed by atoms with Crippen LogP contribution in [0.5, 0.6) is 5.75 Å². The summed E-state index contributed by atoms with van der Waals surface area (Å²) in [4.78, 5) is 7.87. The Bertz CT molecular complexity index is 960. The van der Waals surface area contributed by atoms with Gasteiger partial charge >= 0.3 is 6.18 Å². The number of hydrogen-bond donors (Lipinski definition) is 2. The lowest BCUT2D eigenvalue weighted by Gasteiger charge is -2.16. The zero-order chi connectivity index (χ0) is 20.1. The number of anilines is 4. The molecular formula is C20H19F3N4O. The third-order valence-electron chi connectivity index (χ3n) is 3.81. The molecule has 0 unspecified atom stereocenters. The van der Waals surface area contributed by atoms with Crippen molar-refractivity contribution in [3.05, 3.63) is 65.9 Å². The fourth-order valence-electron chi connectivity index (χ4n) is 2.58. The van der Waals surface area contributed by atoms with E-state index in [0.29, 0.717) is 23.7 Å². The first kappa shape index (κ1) is 19.5. The largest absolute Gasteiger partial charge is 0.492 e. The SMILES string of the molecule is CCOc1ccccc1Nc1nc(Nc2cccc(C)c2)ncc1C(F)(F)F. The summed E-state index contributed by atoms with van der Waals surface area (Å²) in [6.45, 7) is 4.09. The van der Waals surface area contributed by atoms with Crippen LogP contribution in [0.15, 0.2) is 54.7 Å². The highest BCUT2D eigenvalue weighted by atomic mass is 19.4. The number of aryl methyl sites for hydroxylation is 1. The Labute approximate surface area is 160 Å². The van der Waals surface area contributed by atoms with Crippen molar-refractivity contribution in [3.63, 3.8) is 0 Å². The van der Waals surface area contributed by atoms with Crippen LogP contribution in [0.1, 0.15) is 18.1 Å². The molecule has 0 aliphatic rings. The first-order chi connectivity index (χ1) is 13.4. The van der Waals surface area contributed by atoms with Crippen LogP contribution >= 0.6 is 0 Å². The Kier molecular flexibility index (Phi) is 5.67. The molecule has 0 fully saturated rings. The molecule has 8 heteroatoms. The summed E-state index contributed by atoms with van der Waals surface area (Å²) in [5.41, 5.74) is 1.10. The second kappa shape index (κ2) is 8.16. The van der Waals surface area contributed by atoms with E-state index >= 15 is 0 Å². The normalized spacial score (nSPS) is 11.2. The fourth-order valence-corrected chi connectivity index (χ4v) is 2.58. The molecule has 0 saturated heterocycles. The molecule has 0 aliphatic carbocycles. The van der Waals surface area contributed by atoms with E-state index in [9.17, 15) is 13.2 Å². The minimum absolute atomic E-state index is 0.0509. The molecular weight excluding hydrogens is 369 g/mol. The highest BCUT2D eigenvalue weighted by molar-refractivity contribution is 5.67. The minimum Gasteiger partial charge on any atom is -0.492 e. The number of benzene rings is 2. The first-order valence-electron chi connectivity index (χ1n) is 8.63. The van der Waals surface area contributed by atoms with Gasteiger partial charge in [-0.3, -0.25) is 0 Å². The molecule has 146 valence electrons. The second-order valence-electron chi connectivity index (χ2n) is 6.00. The first-order valence-corrected chi connectivity index (χ1v) is 8.63. The van der Waals surface area contributed by atoms with E-state index in [1.54, 1.807) is 37.3 Å². The van der Waals surface area contributed by atoms with E-state index < -0.39 is 11.7 Å². The van der Waals surface area contributed by atoms with Crippen molar-refractivity contribution in [1.29, 1.82) is 0 Å². The van der Waals surface area contributed by atoms with Gasteiger partial charge in [-0.25, -0.2) is 4.98 Å². The number of aromatic nitrogens is 2. The van der Waals surface area contributed by atoms with Crippen molar-refractivity contribution in [1.82, 2.24) is 9.97 Å². The average molecular weight is 388 g/mol. The molecule has 0 atom stereocenters. The summed E-state index contributed by atoms with van der Waals surface area (Å²) in [7, 11) is 0. The van der Waals surface area contributed by atoms with Crippen LogP contribution < -0.4 is 15.4 Å². The molecule has 0 saturated carbocycles. The van der Waals surface area contributed by atoms with E-state index in [1.165, 1.54) is 0 Å². The van der Waals surface area contributed by atoms with Gasteiger partial charge in [0.05, 0.1) is 12.3 Å².